The van der Waals surface area contributed by atoms with Crippen LogP contribution in [0.15, 0.2) is 36.4 Å². The lowest BCUT2D eigenvalue weighted by Gasteiger charge is -1.84. The highest BCUT2D eigenvalue weighted by atomic mass is 35.5. The molecule has 0 fully saturated rings. The molecule has 0 unspecified atom stereocenters. The number of alkyl halides is 2. The van der Waals surface area contributed by atoms with Crippen LogP contribution in [-0.2, 0) is 13.6 Å². The minimum atomic E-state index is -2.01. The molecule has 0 amide bonds. The maximum Gasteiger partial charge on any atom is 0.697 e. The Bertz CT molecular complexity index is 223. The first-order valence-corrected chi connectivity index (χ1v) is 6.82. The predicted octanol–water partition coefficient (Wildman–Crippen LogP) is 3.84. The molecule has 0 aliphatic rings. The van der Waals surface area contributed by atoms with Crippen molar-refractivity contribution in [2.75, 3.05) is 25.0 Å². The first-order valence-electron chi connectivity index (χ1n) is 4.66. The van der Waals surface area contributed by atoms with Gasteiger partial charge in [0.1, 0.15) is 13.2 Å². The minimum absolute atomic E-state index is 0.235. The summed E-state index contributed by atoms with van der Waals surface area (Å²) in [5, 5.41) is 0. The fourth-order valence-electron chi connectivity index (χ4n) is 0.640. The molecule has 0 radical (unpaired) electrons. The van der Waals surface area contributed by atoms with Gasteiger partial charge < -0.3 is 0 Å². The van der Waals surface area contributed by atoms with Gasteiger partial charge in [-0.25, -0.2) is 0 Å². The molecule has 0 N–H and O–H groups in total. The molecule has 0 aliphatic carbocycles. The van der Waals surface area contributed by atoms with E-state index < -0.39 is 8.25 Å². The molecule has 16 heavy (non-hydrogen) atoms. The van der Waals surface area contributed by atoms with Crippen LogP contribution in [0, 0.1) is 0 Å². The van der Waals surface area contributed by atoms with Gasteiger partial charge >= 0.3 is 8.25 Å². The summed E-state index contributed by atoms with van der Waals surface area (Å²) >= 11 is 10.5. The lowest BCUT2D eigenvalue weighted by molar-refractivity contribution is 0.245. The van der Waals surface area contributed by atoms with Crippen LogP contribution >= 0.6 is 31.5 Å². The smallest absolute Gasteiger partial charge is 0.124 e. The highest BCUT2D eigenvalue weighted by Gasteiger charge is 2.18. The van der Waals surface area contributed by atoms with E-state index in [1.807, 2.05) is 36.4 Å². The second kappa shape index (κ2) is 12.9. The number of halogens is 2. The van der Waals surface area contributed by atoms with Crippen LogP contribution in [0.2, 0.25) is 0 Å². The number of rotatable bonds is 6. The van der Waals surface area contributed by atoms with Crippen molar-refractivity contribution in [1.82, 2.24) is 0 Å². The Hall–Kier alpha value is -0.180. The SMILES string of the molecule is O=[P+](OCCCl)OCCCl.c1ccccc1. The molecule has 1 rings (SSSR count). The van der Waals surface area contributed by atoms with Crippen molar-refractivity contribution in [1.29, 1.82) is 0 Å². The standard InChI is InChI=1S/C6H6.C4H8Cl2O3P/c1-2-4-6-5-3-1;5-1-3-8-10(7)9-4-2-6/h1-6H;1-4H2/q;+1. The average molecular weight is 284 g/mol. The lowest BCUT2D eigenvalue weighted by atomic mass is 10.4. The van der Waals surface area contributed by atoms with Crippen LogP contribution in [-0.4, -0.2) is 25.0 Å². The second-order valence-corrected chi connectivity index (χ2v) is 4.14. The van der Waals surface area contributed by atoms with Crippen molar-refractivity contribution >= 4 is 31.5 Å². The van der Waals surface area contributed by atoms with Crippen molar-refractivity contribution in [2.24, 2.45) is 0 Å². The second-order valence-electron chi connectivity index (χ2n) is 2.42. The molecule has 0 heterocycles. The van der Waals surface area contributed by atoms with Gasteiger partial charge in [-0.2, -0.15) is 0 Å². The quantitative estimate of drug-likeness (QED) is 0.588. The summed E-state index contributed by atoms with van der Waals surface area (Å²) < 4.78 is 19.7. The topological polar surface area (TPSA) is 35.5 Å². The number of benzene rings is 1. The molecule has 90 valence electrons. The molecule has 0 bridgehead atoms. The van der Waals surface area contributed by atoms with Gasteiger partial charge in [0.2, 0.25) is 0 Å². The Kier molecular flexibility index (Phi) is 12.7. The van der Waals surface area contributed by atoms with E-state index in [1.54, 1.807) is 0 Å². The zero-order valence-corrected chi connectivity index (χ0v) is 11.1. The largest absolute Gasteiger partial charge is 0.697 e. The van der Waals surface area contributed by atoms with Gasteiger partial charge in [-0.3, -0.25) is 0 Å². The molecule has 1 aromatic carbocycles. The molecule has 0 aromatic heterocycles. The van der Waals surface area contributed by atoms with Gasteiger partial charge in [-0.1, -0.05) is 36.4 Å². The van der Waals surface area contributed by atoms with E-state index in [0.29, 0.717) is 11.8 Å². The van der Waals surface area contributed by atoms with E-state index in [2.05, 4.69) is 9.05 Å². The Morgan fingerprint density at radius 2 is 1.12 bits per heavy atom. The summed E-state index contributed by atoms with van der Waals surface area (Å²) in [4.78, 5) is 0. The molecule has 3 nitrogen and oxygen atoms in total. The van der Waals surface area contributed by atoms with Gasteiger partial charge in [-0.05, 0) is 0 Å². The average Bonchev–Trinajstić information content (AvgIpc) is 2.36. The van der Waals surface area contributed by atoms with Crippen molar-refractivity contribution in [3.63, 3.8) is 0 Å². The summed E-state index contributed by atoms with van der Waals surface area (Å²) in [6, 6.07) is 12.0. The highest BCUT2D eigenvalue weighted by Crippen LogP contribution is 2.22. The van der Waals surface area contributed by atoms with Crippen LogP contribution in [0.1, 0.15) is 0 Å². The van der Waals surface area contributed by atoms with E-state index in [4.69, 9.17) is 23.2 Å². The monoisotopic (exact) mass is 283 g/mol. The zero-order chi connectivity index (χ0) is 12.1. The Labute approximate surface area is 107 Å². The third-order valence-electron chi connectivity index (χ3n) is 1.21. The first kappa shape index (κ1) is 15.8. The van der Waals surface area contributed by atoms with E-state index in [9.17, 15) is 4.57 Å². The van der Waals surface area contributed by atoms with Crippen LogP contribution < -0.4 is 0 Å². The van der Waals surface area contributed by atoms with Crippen molar-refractivity contribution in [3.8, 4) is 0 Å². The van der Waals surface area contributed by atoms with Crippen molar-refractivity contribution in [2.45, 2.75) is 0 Å². The fourth-order valence-corrected chi connectivity index (χ4v) is 1.56. The van der Waals surface area contributed by atoms with E-state index in [1.165, 1.54) is 0 Å². The van der Waals surface area contributed by atoms with Crippen molar-refractivity contribution < 1.29 is 13.6 Å². The lowest BCUT2D eigenvalue weighted by Crippen LogP contribution is -1.91. The molecule has 6 heteroatoms. The Morgan fingerprint density at radius 3 is 1.38 bits per heavy atom. The van der Waals surface area contributed by atoms with E-state index >= 15 is 0 Å². The molecule has 0 aliphatic heterocycles. The van der Waals surface area contributed by atoms with E-state index in [-0.39, 0.29) is 13.2 Å². The summed E-state index contributed by atoms with van der Waals surface area (Å²) in [7, 11) is -2.01. The third kappa shape index (κ3) is 11.9. The van der Waals surface area contributed by atoms with Crippen LogP contribution in [0.25, 0.3) is 0 Å². The summed E-state index contributed by atoms with van der Waals surface area (Å²) in [6.45, 7) is 0.470. The maximum absolute atomic E-state index is 10.5. The Morgan fingerprint density at radius 1 is 0.812 bits per heavy atom. The van der Waals surface area contributed by atoms with Gasteiger partial charge in [0, 0.05) is 4.57 Å². The molecule has 0 atom stereocenters. The Balaban J connectivity index is 0.000000315. The zero-order valence-electron chi connectivity index (χ0n) is 8.72. The highest BCUT2D eigenvalue weighted by molar-refractivity contribution is 7.33. The molecule has 1 aromatic rings. The molecular formula is C10H14Cl2O3P+. The summed E-state index contributed by atoms with van der Waals surface area (Å²) in [6.07, 6.45) is 0. The summed E-state index contributed by atoms with van der Waals surface area (Å²) in [5.74, 6) is 0.622. The van der Waals surface area contributed by atoms with Crippen LogP contribution in [0.5, 0.6) is 0 Å². The fraction of sp³-hybridized carbons (Fsp3) is 0.400. The van der Waals surface area contributed by atoms with Crippen molar-refractivity contribution in [3.05, 3.63) is 36.4 Å². The van der Waals surface area contributed by atoms with Crippen LogP contribution in [0.3, 0.4) is 0 Å². The molecule has 0 spiro atoms. The molecular weight excluding hydrogens is 270 g/mol. The van der Waals surface area contributed by atoms with Gasteiger partial charge in [-0.15, -0.1) is 32.2 Å². The third-order valence-corrected chi connectivity index (χ3v) is 2.31. The van der Waals surface area contributed by atoms with Gasteiger partial charge in [0.15, 0.2) is 0 Å². The maximum atomic E-state index is 10.5. The normalized spacial score (nSPS) is 9.12. The molecule has 0 saturated heterocycles. The minimum Gasteiger partial charge on any atom is -0.124 e. The predicted molar refractivity (Wildman–Crippen MR) is 67.4 cm³/mol. The van der Waals surface area contributed by atoms with Gasteiger partial charge in [0.25, 0.3) is 0 Å². The number of hydrogen-bond donors (Lipinski definition) is 0. The summed E-state index contributed by atoms with van der Waals surface area (Å²) in [5.41, 5.74) is 0. The molecule has 0 saturated carbocycles. The van der Waals surface area contributed by atoms with E-state index in [0.717, 1.165) is 0 Å². The van der Waals surface area contributed by atoms with Gasteiger partial charge in [0.05, 0.1) is 11.8 Å². The number of hydrogen-bond acceptors (Lipinski definition) is 3. The first-order chi connectivity index (χ1) is 7.81. The van der Waals surface area contributed by atoms with Crippen LogP contribution in [0.4, 0.5) is 0 Å².